The number of imidazole rings is 1. The van der Waals surface area contributed by atoms with Crippen molar-refractivity contribution in [2.24, 2.45) is 0 Å². The molecule has 38 heavy (non-hydrogen) atoms. The lowest BCUT2D eigenvalue weighted by Crippen LogP contribution is -2.27. The fraction of sp³-hybridized carbons (Fsp3) is 0.219. The van der Waals surface area contributed by atoms with Gasteiger partial charge >= 0.3 is 6.09 Å². The van der Waals surface area contributed by atoms with Crippen LogP contribution in [-0.2, 0) is 6.54 Å². The highest BCUT2D eigenvalue weighted by Gasteiger charge is 2.17. The van der Waals surface area contributed by atoms with E-state index in [9.17, 15) is 4.79 Å². The second kappa shape index (κ2) is 12.2. The summed E-state index contributed by atoms with van der Waals surface area (Å²) in [5.41, 5.74) is 5.19. The van der Waals surface area contributed by atoms with Gasteiger partial charge < -0.3 is 14.6 Å². The van der Waals surface area contributed by atoms with E-state index in [-0.39, 0.29) is 0 Å². The number of unbranched alkanes of at least 4 members (excludes halogenated alkanes) is 3. The van der Waals surface area contributed by atoms with Crippen molar-refractivity contribution in [3.63, 3.8) is 0 Å². The summed E-state index contributed by atoms with van der Waals surface area (Å²) >= 11 is 0. The number of nitrogens with zero attached hydrogens (tertiary/aromatic N) is 3. The Balaban J connectivity index is 1.12. The molecule has 0 atom stereocenters. The topological polar surface area (TPSA) is 69.0 Å². The van der Waals surface area contributed by atoms with Crippen LogP contribution in [0.15, 0.2) is 97.2 Å². The molecule has 0 aliphatic heterocycles. The third-order valence-corrected chi connectivity index (χ3v) is 6.63. The summed E-state index contributed by atoms with van der Waals surface area (Å²) in [4.78, 5) is 21.6. The highest BCUT2D eigenvalue weighted by Crippen LogP contribution is 2.33. The van der Waals surface area contributed by atoms with Crippen LogP contribution in [0.25, 0.3) is 33.4 Å². The number of amides is 1. The van der Waals surface area contributed by atoms with Gasteiger partial charge in [0.15, 0.2) is 5.75 Å². The number of hydrogen-bond acceptors (Lipinski definition) is 4. The smallest absolute Gasteiger partial charge is 0.408 e. The van der Waals surface area contributed by atoms with Crippen LogP contribution in [0.2, 0.25) is 0 Å². The van der Waals surface area contributed by atoms with Gasteiger partial charge in [-0.1, -0.05) is 91.7 Å². The number of hydrogen-bond donors (Lipinski definition) is 1. The zero-order chi connectivity index (χ0) is 26.2. The Morgan fingerprint density at radius 1 is 0.816 bits per heavy atom. The third kappa shape index (κ3) is 5.92. The van der Waals surface area contributed by atoms with Gasteiger partial charge in [-0.2, -0.15) is 0 Å². The molecule has 1 amide bonds. The summed E-state index contributed by atoms with van der Waals surface area (Å²) in [5, 5.41) is 3.80. The maximum atomic E-state index is 12.3. The summed E-state index contributed by atoms with van der Waals surface area (Å²) < 4.78 is 7.84. The highest BCUT2D eigenvalue weighted by atomic mass is 16.6. The van der Waals surface area contributed by atoms with Crippen LogP contribution >= 0.6 is 0 Å². The second-order valence-corrected chi connectivity index (χ2v) is 9.30. The minimum atomic E-state index is -0.446. The Labute approximate surface area is 223 Å². The lowest BCUT2D eigenvalue weighted by Gasteiger charge is -2.12. The van der Waals surface area contributed by atoms with Gasteiger partial charge in [0.05, 0.1) is 11.4 Å². The largest absolute Gasteiger partial charge is 0.412 e. The molecule has 6 heteroatoms. The van der Waals surface area contributed by atoms with Gasteiger partial charge in [-0.15, -0.1) is 0 Å². The van der Waals surface area contributed by atoms with Crippen molar-refractivity contribution in [1.82, 2.24) is 19.9 Å². The zero-order valence-electron chi connectivity index (χ0n) is 21.6. The second-order valence-electron chi connectivity index (χ2n) is 9.30. The van der Waals surface area contributed by atoms with Crippen LogP contribution in [-0.4, -0.2) is 27.2 Å². The van der Waals surface area contributed by atoms with Gasteiger partial charge in [-0.05, 0) is 31.9 Å². The summed E-state index contributed by atoms with van der Waals surface area (Å²) in [6.45, 7) is 3.56. The van der Waals surface area contributed by atoms with Crippen LogP contribution in [0.3, 0.4) is 0 Å². The van der Waals surface area contributed by atoms with Crippen LogP contribution in [0.5, 0.6) is 5.75 Å². The first-order valence-corrected chi connectivity index (χ1v) is 13.2. The van der Waals surface area contributed by atoms with E-state index in [1.807, 2.05) is 36.4 Å². The molecule has 5 aromatic rings. The van der Waals surface area contributed by atoms with Gasteiger partial charge in [0.1, 0.15) is 11.3 Å². The lowest BCUT2D eigenvalue weighted by molar-refractivity contribution is 0.200. The van der Waals surface area contributed by atoms with Crippen molar-refractivity contribution >= 4 is 17.0 Å². The minimum Gasteiger partial charge on any atom is -0.408 e. The van der Waals surface area contributed by atoms with E-state index in [1.165, 1.54) is 11.3 Å². The van der Waals surface area contributed by atoms with Crippen LogP contribution < -0.4 is 10.1 Å². The van der Waals surface area contributed by atoms with E-state index in [2.05, 4.69) is 70.3 Å². The number of carbonyl (C=O) groups excluding carboxylic acids is 1. The summed E-state index contributed by atoms with van der Waals surface area (Å²) in [6.07, 6.45) is 5.28. The van der Waals surface area contributed by atoms with Gasteiger partial charge in [-0.3, -0.25) is 4.98 Å². The number of carbonyl (C=O) groups is 1. The average molecular weight is 505 g/mol. The molecule has 6 nitrogen and oxygen atoms in total. The number of rotatable bonds is 10. The number of aromatic nitrogens is 3. The average Bonchev–Trinajstić information content (AvgIpc) is 3.29. The van der Waals surface area contributed by atoms with E-state index in [0.29, 0.717) is 17.8 Å². The maximum absolute atomic E-state index is 12.3. The molecule has 5 rings (SSSR count). The van der Waals surface area contributed by atoms with Crippen molar-refractivity contribution in [2.45, 2.75) is 39.2 Å². The predicted octanol–water partition coefficient (Wildman–Crippen LogP) is 7.42. The van der Waals surface area contributed by atoms with E-state index in [1.54, 1.807) is 12.3 Å². The van der Waals surface area contributed by atoms with Crippen LogP contribution in [0, 0.1) is 6.92 Å². The van der Waals surface area contributed by atoms with Gasteiger partial charge in [0, 0.05) is 35.8 Å². The first kappa shape index (κ1) is 25.2. The number of aryl methyl sites for hydroxylation is 1. The third-order valence-electron chi connectivity index (χ3n) is 6.63. The number of para-hydroxylation sites is 1. The van der Waals surface area contributed by atoms with E-state index in [0.717, 1.165) is 54.7 Å². The standard InChI is InChI=1S/C32H32N4O2/c1-24-35-30(26-14-6-4-7-15-26)31(27-16-8-5-9-17-27)36(24)23-11-3-2-10-21-34-32(37)38-28-20-12-18-25-19-13-22-33-29(25)28/h4-9,12-20,22H,2-3,10-11,21,23H2,1H3,(H,34,37). The molecule has 0 radical (unpaired) electrons. The van der Waals surface area contributed by atoms with Gasteiger partial charge in [0.25, 0.3) is 0 Å². The molecule has 0 bridgehead atoms. The Morgan fingerprint density at radius 3 is 2.32 bits per heavy atom. The monoisotopic (exact) mass is 504 g/mol. The minimum absolute atomic E-state index is 0.446. The molecular weight excluding hydrogens is 472 g/mol. The molecule has 2 aromatic heterocycles. The molecule has 3 aromatic carbocycles. The predicted molar refractivity (Wildman–Crippen MR) is 152 cm³/mol. The summed E-state index contributed by atoms with van der Waals surface area (Å²) in [5.74, 6) is 1.50. The van der Waals surface area contributed by atoms with Crippen molar-refractivity contribution < 1.29 is 9.53 Å². The molecule has 192 valence electrons. The lowest BCUT2D eigenvalue weighted by atomic mass is 10.0. The quantitative estimate of drug-likeness (QED) is 0.201. The molecule has 0 spiro atoms. The molecule has 0 unspecified atom stereocenters. The molecule has 1 N–H and O–H groups in total. The number of benzene rings is 3. The SMILES string of the molecule is Cc1nc(-c2ccccc2)c(-c2ccccc2)n1CCCCCCNC(=O)Oc1cccc2cccnc12. The van der Waals surface area contributed by atoms with E-state index < -0.39 is 6.09 Å². The highest BCUT2D eigenvalue weighted by molar-refractivity contribution is 5.86. The number of ether oxygens (including phenoxy) is 1. The fourth-order valence-corrected chi connectivity index (χ4v) is 4.76. The van der Waals surface area contributed by atoms with E-state index in [4.69, 9.17) is 9.72 Å². The number of fused-ring (bicyclic) bond motifs is 1. The Morgan fingerprint density at radius 2 is 1.53 bits per heavy atom. The van der Waals surface area contributed by atoms with Gasteiger partial charge in [-0.25, -0.2) is 9.78 Å². The Kier molecular flexibility index (Phi) is 8.09. The van der Waals surface area contributed by atoms with Crippen molar-refractivity contribution in [3.05, 3.63) is 103 Å². The van der Waals surface area contributed by atoms with Crippen LogP contribution in [0.4, 0.5) is 4.79 Å². The number of nitrogens with one attached hydrogen (secondary N) is 1. The molecule has 0 saturated carbocycles. The number of pyridine rings is 1. The Bertz CT molecular complexity index is 1490. The first-order chi connectivity index (χ1) is 18.7. The molecule has 0 aliphatic carbocycles. The maximum Gasteiger partial charge on any atom is 0.412 e. The zero-order valence-corrected chi connectivity index (χ0v) is 21.6. The molecule has 0 saturated heterocycles. The fourth-order valence-electron chi connectivity index (χ4n) is 4.76. The summed E-state index contributed by atoms with van der Waals surface area (Å²) in [7, 11) is 0. The first-order valence-electron chi connectivity index (χ1n) is 13.2. The van der Waals surface area contributed by atoms with Crippen molar-refractivity contribution in [1.29, 1.82) is 0 Å². The Hall–Kier alpha value is -4.45. The summed E-state index contributed by atoms with van der Waals surface area (Å²) in [6, 6.07) is 30.3. The molecule has 0 aliphatic rings. The van der Waals surface area contributed by atoms with Crippen LogP contribution in [0.1, 0.15) is 31.5 Å². The van der Waals surface area contributed by atoms with Crippen molar-refractivity contribution in [3.8, 4) is 28.3 Å². The van der Waals surface area contributed by atoms with Gasteiger partial charge in [0.2, 0.25) is 0 Å². The molecular formula is C32H32N4O2. The normalized spacial score (nSPS) is 11.0. The molecule has 0 fully saturated rings. The molecule has 2 heterocycles. The van der Waals surface area contributed by atoms with Crippen molar-refractivity contribution in [2.75, 3.05) is 6.54 Å². The van der Waals surface area contributed by atoms with E-state index >= 15 is 0 Å².